The van der Waals surface area contributed by atoms with Gasteiger partial charge in [0, 0.05) is 29.0 Å². The summed E-state index contributed by atoms with van der Waals surface area (Å²) in [6, 6.07) is 0.650. The van der Waals surface area contributed by atoms with E-state index in [4.69, 9.17) is 5.73 Å². The van der Waals surface area contributed by atoms with Crippen LogP contribution in [0.5, 0.6) is 0 Å². The van der Waals surface area contributed by atoms with E-state index >= 15 is 0 Å². The predicted molar refractivity (Wildman–Crippen MR) is 168 cm³/mol. The van der Waals surface area contributed by atoms with Gasteiger partial charge < -0.3 is 15.7 Å². The van der Waals surface area contributed by atoms with E-state index in [0.29, 0.717) is 36.3 Å². The molecule has 40 heavy (non-hydrogen) atoms. The Hall–Kier alpha value is -3.05. The van der Waals surface area contributed by atoms with E-state index in [1.165, 1.54) is 28.8 Å². The first-order valence-electron chi connectivity index (χ1n) is 14.7. The molecule has 0 bridgehead atoms. The Morgan fingerprint density at radius 1 is 1.20 bits per heavy atom. The number of allylic oxidation sites excluding steroid dienone is 13. The molecule has 0 amide bonds. The Morgan fingerprint density at radius 2 is 1.95 bits per heavy atom. The van der Waals surface area contributed by atoms with Gasteiger partial charge in [0.2, 0.25) is 0 Å². The number of hydrogen-bond acceptors (Lipinski definition) is 3. The molecule has 1 saturated carbocycles. The van der Waals surface area contributed by atoms with Gasteiger partial charge in [-0.2, -0.15) is 0 Å². The second-order valence-corrected chi connectivity index (χ2v) is 18.2. The molecule has 3 N–H and O–H groups in total. The molecule has 6 atom stereocenters. The highest BCUT2D eigenvalue weighted by Gasteiger charge is 2.61. The lowest BCUT2D eigenvalue weighted by Crippen LogP contribution is -2.49. The maximum Gasteiger partial charge on any atom is 0.118 e. The van der Waals surface area contributed by atoms with Gasteiger partial charge in [-0.3, -0.25) is 0 Å². The molecule has 0 aromatic rings. The van der Waals surface area contributed by atoms with Crippen LogP contribution < -0.4 is 5.73 Å². The molecule has 0 aromatic carbocycles. The van der Waals surface area contributed by atoms with Crippen molar-refractivity contribution in [3.8, 4) is 0 Å². The van der Waals surface area contributed by atoms with Gasteiger partial charge >= 0.3 is 0 Å². The highest BCUT2D eigenvalue weighted by atomic mass is 28.3. The number of hydrogen-bond donors (Lipinski definition) is 2. The summed E-state index contributed by atoms with van der Waals surface area (Å²) in [4.78, 5) is 2.62. The van der Waals surface area contributed by atoms with Crippen molar-refractivity contribution < 1.29 is 9.50 Å². The van der Waals surface area contributed by atoms with Crippen LogP contribution >= 0.6 is 0 Å². The molecule has 212 valence electrons. The average Bonchev–Trinajstić information content (AvgIpc) is 3.65. The fraction of sp³-hybridized carbons (Fsp3) is 0.429. The van der Waals surface area contributed by atoms with Gasteiger partial charge in [-0.05, 0) is 92.3 Å². The van der Waals surface area contributed by atoms with Gasteiger partial charge in [-0.25, -0.2) is 4.39 Å². The highest BCUT2D eigenvalue weighted by molar-refractivity contribution is 6.84. The first-order valence-corrected chi connectivity index (χ1v) is 18.2. The minimum Gasteiger partial charge on any atom is -0.513 e. The SMILES string of the molecule is C=CC(=CC(C)=C(/C=C(\C)O)/C(N)=C1\C2C3CCC=CC3C3C=C(C)C([Si](C)(C)C)=CN3C12)C1C=CC(F)=CC1. The van der Waals surface area contributed by atoms with Crippen molar-refractivity contribution in [3.05, 3.63) is 118 Å². The van der Waals surface area contributed by atoms with Crippen LogP contribution in [0.4, 0.5) is 4.39 Å². The molecule has 2 aliphatic heterocycles. The Labute approximate surface area is 241 Å². The molecule has 6 unspecified atom stereocenters. The Kier molecular flexibility index (Phi) is 7.64. The number of nitrogens with two attached hydrogens (primary N) is 1. The van der Waals surface area contributed by atoms with Crippen molar-refractivity contribution in [2.45, 2.75) is 71.8 Å². The molecule has 3 aliphatic carbocycles. The maximum absolute atomic E-state index is 13.6. The summed E-state index contributed by atoms with van der Waals surface area (Å²) in [5, 5.41) is 11.9. The fourth-order valence-corrected chi connectivity index (χ4v) is 9.27. The van der Waals surface area contributed by atoms with Crippen LogP contribution in [0.3, 0.4) is 0 Å². The zero-order valence-electron chi connectivity index (χ0n) is 24.9. The summed E-state index contributed by atoms with van der Waals surface area (Å²) in [5.41, 5.74) is 13.5. The molecule has 2 heterocycles. The lowest BCUT2D eigenvalue weighted by atomic mass is 9.73. The number of aliphatic hydroxyl groups is 1. The van der Waals surface area contributed by atoms with Crippen LogP contribution in [0.25, 0.3) is 0 Å². The zero-order valence-corrected chi connectivity index (χ0v) is 25.9. The van der Waals surface area contributed by atoms with E-state index in [2.05, 4.69) is 68.5 Å². The third-order valence-corrected chi connectivity index (χ3v) is 11.5. The van der Waals surface area contributed by atoms with Crippen LogP contribution in [-0.4, -0.2) is 30.2 Å². The third kappa shape index (κ3) is 5.21. The van der Waals surface area contributed by atoms with Crippen molar-refractivity contribution in [1.29, 1.82) is 0 Å². The average molecular weight is 557 g/mol. The Morgan fingerprint density at radius 3 is 2.58 bits per heavy atom. The molecular formula is C35H45FN2OSi. The van der Waals surface area contributed by atoms with E-state index in [-0.39, 0.29) is 17.5 Å². The monoisotopic (exact) mass is 556 g/mol. The summed E-state index contributed by atoms with van der Waals surface area (Å²) >= 11 is 0. The second-order valence-electron chi connectivity index (χ2n) is 13.2. The summed E-state index contributed by atoms with van der Waals surface area (Å²) in [6.07, 6.45) is 23.5. The van der Waals surface area contributed by atoms with Crippen LogP contribution in [0.15, 0.2) is 118 Å². The van der Waals surface area contributed by atoms with Crippen molar-refractivity contribution >= 4 is 8.07 Å². The van der Waals surface area contributed by atoms with Gasteiger partial charge in [0.15, 0.2) is 0 Å². The highest BCUT2D eigenvalue weighted by Crippen LogP contribution is 2.61. The number of halogens is 1. The van der Waals surface area contributed by atoms with Gasteiger partial charge in [-0.15, -0.1) is 0 Å². The first-order chi connectivity index (χ1) is 18.9. The van der Waals surface area contributed by atoms with E-state index in [1.54, 1.807) is 19.1 Å². The van der Waals surface area contributed by atoms with Gasteiger partial charge in [0.1, 0.15) is 5.83 Å². The van der Waals surface area contributed by atoms with Crippen molar-refractivity contribution in [2.24, 2.45) is 29.4 Å². The smallest absolute Gasteiger partial charge is 0.118 e. The fourth-order valence-electron chi connectivity index (χ4n) is 7.47. The van der Waals surface area contributed by atoms with Gasteiger partial charge in [0.05, 0.1) is 25.9 Å². The third-order valence-electron chi connectivity index (χ3n) is 9.36. The molecule has 5 rings (SSSR count). The number of nitrogens with zero attached hydrogens (tertiary/aromatic N) is 1. The summed E-state index contributed by atoms with van der Waals surface area (Å²) in [7, 11) is -1.52. The number of piperidine rings is 1. The molecule has 5 aliphatic rings. The molecule has 3 nitrogen and oxygen atoms in total. The predicted octanol–water partition coefficient (Wildman–Crippen LogP) is 8.51. The lowest BCUT2D eigenvalue weighted by molar-refractivity contribution is 0.123. The zero-order chi connectivity index (χ0) is 28.9. The van der Waals surface area contributed by atoms with E-state index < -0.39 is 8.07 Å². The standard InChI is InChI=1S/C35H45FN2OSi/c1-8-24(25-13-15-26(36)16-14-25)17-21(2)29(19-23(4)39)34(37)33-32-28-12-10-9-11-27(28)30-18-22(3)31(40(5,6)7)20-38(30)35(32)33/h8-9,11,13,15-20,25,27-28,30,32,35,39H,1,10,12,14,37H2,2-7H3/b23-19+,24-17?,29-21?,34-33-. The van der Waals surface area contributed by atoms with Gasteiger partial charge in [-0.1, -0.05) is 68.2 Å². The minimum atomic E-state index is -1.52. The molecule has 0 aromatic heterocycles. The maximum atomic E-state index is 13.6. The number of fused-ring (bicyclic) bond motifs is 6. The van der Waals surface area contributed by atoms with Gasteiger partial charge in [0.25, 0.3) is 0 Å². The Bertz CT molecular complexity index is 1370. The largest absolute Gasteiger partial charge is 0.513 e. The number of aliphatic hydroxyl groups excluding tert-OH is 1. The molecule has 5 heteroatoms. The molecular weight excluding hydrogens is 511 g/mol. The normalized spacial score (nSPS) is 33.6. The molecule has 0 radical (unpaired) electrons. The topological polar surface area (TPSA) is 49.5 Å². The van der Waals surface area contributed by atoms with Crippen LogP contribution in [-0.2, 0) is 0 Å². The van der Waals surface area contributed by atoms with Crippen LogP contribution in [0, 0.1) is 23.7 Å². The molecule has 0 spiro atoms. The molecule has 1 saturated heterocycles. The first kappa shape index (κ1) is 28.5. The van der Waals surface area contributed by atoms with E-state index in [0.717, 1.165) is 28.8 Å². The van der Waals surface area contributed by atoms with Crippen molar-refractivity contribution in [2.75, 3.05) is 0 Å². The van der Waals surface area contributed by atoms with Crippen molar-refractivity contribution in [3.63, 3.8) is 0 Å². The van der Waals surface area contributed by atoms with E-state index in [9.17, 15) is 9.50 Å². The summed E-state index contributed by atoms with van der Waals surface area (Å²) < 4.78 is 13.6. The van der Waals surface area contributed by atoms with Crippen molar-refractivity contribution in [1.82, 2.24) is 4.90 Å². The quantitative estimate of drug-likeness (QED) is 0.149. The lowest BCUT2D eigenvalue weighted by Gasteiger charge is -2.47. The minimum absolute atomic E-state index is 0.0637. The molecule has 2 fully saturated rings. The summed E-state index contributed by atoms with van der Waals surface area (Å²) in [5.74, 6) is 1.58. The van der Waals surface area contributed by atoms with Crippen LogP contribution in [0.1, 0.15) is 40.0 Å². The van der Waals surface area contributed by atoms with E-state index in [1.807, 2.05) is 19.1 Å². The van der Waals surface area contributed by atoms with Crippen LogP contribution in [0.2, 0.25) is 19.6 Å². The summed E-state index contributed by atoms with van der Waals surface area (Å²) in [6.45, 7) is 17.3. The second kappa shape index (κ2) is 10.7. The Balaban J connectivity index is 1.60. The number of rotatable bonds is 6.